The van der Waals surface area contributed by atoms with Crippen molar-refractivity contribution < 1.29 is 28.6 Å². The highest BCUT2D eigenvalue weighted by Gasteiger charge is 2.38. The minimum Gasteiger partial charge on any atom is -0.452 e. The Bertz CT molecular complexity index is 854. The lowest BCUT2D eigenvalue weighted by molar-refractivity contribution is -0.125. The highest BCUT2D eigenvalue weighted by atomic mass is 16.6. The zero-order valence-electron chi connectivity index (χ0n) is 20.5. The topological polar surface area (TPSA) is 106 Å². The fourth-order valence-corrected chi connectivity index (χ4v) is 4.53. The Labute approximate surface area is 201 Å². The summed E-state index contributed by atoms with van der Waals surface area (Å²) >= 11 is 0. The Morgan fingerprint density at radius 1 is 1.09 bits per heavy atom. The highest BCUT2D eigenvalue weighted by molar-refractivity contribution is 5.93. The molecule has 0 unspecified atom stereocenters. The van der Waals surface area contributed by atoms with Crippen molar-refractivity contribution in [2.75, 3.05) is 44.8 Å². The first kappa shape index (κ1) is 26.0. The molecule has 9 nitrogen and oxygen atoms in total. The van der Waals surface area contributed by atoms with E-state index in [9.17, 15) is 14.4 Å². The molecule has 0 aromatic heterocycles. The predicted molar refractivity (Wildman–Crippen MR) is 128 cm³/mol. The van der Waals surface area contributed by atoms with E-state index in [0.717, 1.165) is 52.0 Å². The van der Waals surface area contributed by atoms with Gasteiger partial charge in [0.05, 0.1) is 18.8 Å². The summed E-state index contributed by atoms with van der Waals surface area (Å²) in [7, 11) is 0. The zero-order chi connectivity index (χ0) is 24.6. The lowest BCUT2D eigenvalue weighted by Crippen LogP contribution is -2.59. The second-order valence-corrected chi connectivity index (χ2v) is 9.94. The average molecular weight is 476 g/mol. The molecular formula is C25H37N3O6. The smallest absolute Gasteiger partial charge is 0.412 e. The number of esters is 1. The van der Waals surface area contributed by atoms with Crippen LogP contribution in [-0.2, 0) is 19.0 Å². The molecule has 1 saturated heterocycles. The first-order chi connectivity index (χ1) is 16.2. The number of nitrogens with one attached hydrogen (secondary N) is 2. The van der Waals surface area contributed by atoms with E-state index in [4.69, 9.17) is 14.2 Å². The molecule has 3 rings (SSSR count). The minimum absolute atomic E-state index is 0.0522. The first-order valence-corrected chi connectivity index (χ1v) is 12.0. The summed E-state index contributed by atoms with van der Waals surface area (Å²) in [6.45, 7) is 8.66. The van der Waals surface area contributed by atoms with Crippen molar-refractivity contribution in [1.29, 1.82) is 0 Å². The van der Waals surface area contributed by atoms with E-state index < -0.39 is 17.7 Å². The van der Waals surface area contributed by atoms with Crippen LogP contribution in [0.25, 0.3) is 0 Å². The largest absolute Gasteiger partial charge is 0.452 e. The van der Waals surface area contributed by atoms with Crippen LogP contribution in [0.15, 0.2) is 24.3 Å². The number of nitrogens with zero attached hydrogens (tertiary/aromatic N) is 1. The van der Waals surface area contributed by atoms with Crippen LogP contribution in [0, 0.1) is 0 Å². The molecule has 2 N–H and O–H groups in total. The summed E-state index contributed by atoms with van der Waals surface area (Å²) in [5.74, 6) is -0.960. The Balaban J connectivity index is 1.49. The molecule has 9 heteroatoms. The Morgan fingerprint density at radius 3 is 2.47 bits per heavy atom. The van der Waals surface area contributed by atoms with E-state index in [0.29, 0.717) is 12.2 Å². The van der Waals surface area contributed by atoms with Gasteiger partial charge in [0.2, 0.25) is 0 Å². The van der Waals surface area contributed by atoms with E-state index in [1.165, 1.54) is 12.5 Å². The van der Waals surface area contributed by atoms with Gasteiger partial charge in [0.1, 0.15) is 5.60 Å². The maximum atomic E-state index is 12.5. The first-order valence-electron chi connectivity index (χ1n) is 12.0. The molecule has 188 valence electrons. The second-order valence-electron chi connectivity index (χ2n) is 9.94. The molecule has 0 spiro atoms. The van der Waals surface area contributed by atoms with Gasteiger partial charge in [0.15, 0.2) is 6.61 Å². The number of morpholine rings is 1. The Hall–Kier alpha value is -2.65. The van der Waals surface area contributed by atoms with E-state index in [1.54, 1.807) is 39.0 Å². The molecule has 34 heavy (non-hydrogen) atoms. The standard InChI is InChI=1S/C25H37N3O6/c1-24(2,3)34-23(31)27-20-9-7-8-19(16-20)22(30)33-17-21(29)26-18-25(10-5-4-6-11-25)28-12-14-32-15-13-28/h7-9,16H,4-6,10-15,17-18H2,1-3H3,(H,26,29)(H,27,31). The third kappa shape index (κ3) is 7.70. The molecule has 1 saturated carbocycles. The summed E-state index contributed by atoms with van der Waals surface area (Å²) in [5, 5.41) is 5.57. The fraction of sp³-hybridized carbons (Fsp3) is 0.640. The number of amides is 2. The van der Waals surface area contributed by atoms with Crippen LogP contribution in [0.5, 0.6) is 0 Å². The third-order valence-electron chi connectivity index (χ3n) is 6.16. The van der Waals surface area contributed by atoms with Crippen LogP contribution in [0.3, 0.4) is 0 Å². The van der Waals surface area contributed by atoms with Crippen LogP contribution < -0.4 is 10.6 Å². The molecule has 0 atom stereocenters. The number of benzene rings is 1. The second kappa shape index (κ2) is 11.7. The van der Waals surface area contributed by atoms with Crippen molar-refractivity contribution >= 4 is 23.7 Å². The number of rotatable bonds is 7. The van der Waals surface area contributed by atoms with Gasteiger partial charge in [-0.25, -0.2) is 9.59 Å². The van der Waals surface area contributed by atoms with Crippen LogP contribution in [0.4, 0.5) is 10.5 Å². The number of anilines is 1. The van der Waals surface area contributed by atoms with Gasteiger partial charge in [-0.2, -0.15) is 0 Å². The number of carbonyl (C=O) groups excluding carboxylic acids is 3. The molecular weight excluding hydrogens is 438 g/mol. The third-order valence-corrected chi connectivity index (χ3v) is 6.16. The lowest BCUT2D eigenvalue weighted by atomic mass is 9.79. The van der Waals surface area contributed by atoms with Crippen molar-refractivity contribution in [3.8, 4) is 0 Å². The summed E-state index contributed by atoms with van der Waals surface area (Å²) in [6.07, 6.45) is 5.00. The summed E-state index contributed by atoms with van der Waals surface area (Å²) in [4.78, 5) is 39.4. The van der Waals surface area contributed by atoms with E-state index in [-0.39, 0.29) is 23.6 Å². The Kier molecular flexibility index (Phi) is 8.90. The molecule has 2 amide bonds. The quantitative estimate of drug-likeness (QED) is 0.583. The van der Waals surface area contributed by atoms with Crippen molar-refractivity contribution in [2.24, 2.45) is 0 Å². The molecule has 1 heterocycles. The van der Waals surface area contributed by atoms with Gasteiger partial charge in [-0.05, 0) is 51.8 Å². The van der Waals surface area contributed by atoms with Crippen molar-refractivity contribution in [1.82, 2.24) is 10.2 Å². The van der Waals surface area contributed by atoms with Crippen LogP contribution in [0.2, 0.25) is 0 Å². The van der Waals surface area contributed by atoms with E-state index in [1.807, 2.05) is 0 Å². The number of hydrogen-bond acceptors (Lipinski definition) is 7. The number of ether oxygens (including phenoxy) is 3. The molecule has 1 aliphatic carbocycles. The summed E-state index contributed by atoms with van der Waals surface area (Å²) < 4.78 is 15.9. The van der Waals surface area contributed by atoms with Gasteiger partial charge >= 0.3 is 12.1 Å². The minimum atomic E-state index is -0.636. The van der Waals surface area contributed by atoms with E-state index in [2.05, 4.69) is 15.5 Å². The Morgan fingerprint density at radius 2 is 1.79 bits per heavy atom. The highest BCUT2D eigenvalue weighted by Crippen LogP contribution is 2.33. The maximum absolute atomic E-state index is 12.5. The van der Waals surface area contributed by atoms with Gasteiger partial charge in [-0.1, -0.05) is 25.3 Å². The van der Waals surface area contributed by atoms with Gasteiger partial charge in [-0.3, -0.25) is 15.0 Å². The SMILES string of the molecule is CC(C)(C)OC(=O)Nc1cccc(C(=O)OCC(=O)NCC2(N3CCOCC3)CCCCC2)c1. The molecule has 0 bridgehead atoms. The lowest BCUT2D eigenvalue weighted by Gasteiger charge is -2.48. The summed E-state index contributed by atoms with van der Waals surface area (Å²) in [6, 6.07) is 6.32. The van der Waals surface area contributed by atoms with Crippen LogP contribution in [0.1, 0.15) is 63.2 Å². The van der Waals surface area contributed by atoms with E-state index >= 15 is 0 Å². The van der Waals surface area contributed by atoms with Crippen LogP contribution in [-0.4, -0.2) is 73.5 Å². The summed E-state index contributed by atoms with van der Waals surface area (Å²) in [5.41, 5.74) is -0.0497. The molecule has 0 radical (unpaired) electrons. The number of carbonyl (C=O) groups is 3. The van der Waals surface area contributed by atoms with Crippen molar-refractivity contribution in [3.05, 3.63) is 29.8 Å². The molecule has 1 aromatic rings. The molecule has 1 aromatic carbocycles. The monoisotopic (exact) mass is 475 g/mol. The molecule has 2 aliphatic rings. The van der Waals surface area contributed by atoms with Crippen molar-refractivity contribution in [3.63, 3.8) is 0 Å². The van der Waals surface area contributed by atoms with Gasteiger partial charge in [-0.15, -0.1) is 0 Å². The fourth-order valence-electron chi connectivity index (χ4n) is 4.53. The number of hydrogen-bond donors (Lipinski definition) is 2. The van der Waals surface area contributed by atoms with Crippen LogP contribution >= 0.6 is 0 Å². The normalized spacial score (nSPS) is 18.6. The van der Waals surface area contributed by atoms with Gasteiger partial charge < -0.3 is 19.5 Å². The average Bonchev–Trinajstić information content (AvgIpc) is 2.81. The molecule has 1 aliphatic heterocycles. The predicted octanol–water partition coefficient (Wildman–Crippen LogP) is 3.34. The van der Waals surface area contributed by atoms with Gasteiger partial charge in [0.25, 0.3) is 5.91 Å². The van der Waals surface area contributed by atoms with Crippen molar-refractivity contribution in [2.45, 2.75) is 64.0 Å². The maximum Gasteiger partial charge on any atom is 0.412 e. The van der Waals surface area contributed by atoms with Gasteiger partial charge in [0, 0.05) is 30.9 Å². The zero-order valence-corrected chi connectivity index (χ0v) is 20.5. The molecule has 2 fully saturated rings.